The van der Waals surface area contributed by atoms with Gasteiger partial charge in [0, 0.05) is 6.42 Å². The molecule has 1 aliphatic rings. The van der Waals surface area contributed by atoms with E-state index in [1.165, 1.54) is 19.3 Å². The lowest BCUT2D eigenvalue weighted by atomic mass is 9.83. The van der Waals surface area contributed by atoms with Crippen LogP contribution in [-0.2, 0) is 12.0 Å². The van der Waals surface area contributed by atoms with Crippen molar-refractivity contribution in [1.82, 2.24) is 10.1 Å². The molecule has 84 valence electrons. The van der Waals surface area contributed by atoms with Gasteiger partial charge in [-0.3, -0.25) is 0 Å². The van der Waals surface area contributed by atoms with Crippen LogP contribution in [0.4, 0.5) is 0 Å². The van der Waals surface area contributed by atoms with Crippen molar-refractivity contribution < 1.29 is 4.52 Å². The minimum atomic E-state index is -0.457. The zero-order valence-corrected chi connectivity index (χ0v) is 9.49. The van der Waals surface area contributed by atoms with Crippen LogP contribution in [0.2, 0.25) is 0 Å². The van der Waals surface area contributed by atoms with Crippen LogP contribution in [0.25, 0.3) is 0 Å². The molecule has 15 heavy (non-hydrogen) atoms. The van der Waals surface area contributed by atoms with E-state index in [-0.39, 0.29) is 0 Å². The van der Waals surface area contributed by atoms with Crippen LogP contribution < -0.4 is 5.73 Å². The molecule has 1 unspecified atom stereocenters. The Morgan fingerprint density at radius 3 is 2.80 bits per heavy atom. The summed E-state index contributed by atoms with van der Waals surface area (Å²) in [6.45, 7) is 3.97. The molecule has 1 saturated carbocycles. The maximum absolute atomic E-state index is 6.04. The predicted molar refractivity (Wildman–Crippen MR) is 57.2 cm³/mol. The van der Waals surface area contributed by atoms with Gasteiger partial charge in [-0.05, 0) is 32.1 Å². The number of nitrogens with two attached hydrogens (primary N) is 1. The van der Waals surface area contributed by atoms with Gasteiger partial charge >= 0.3 is 0 Å². The summed E-state index contributed by atoms with van der Waals surface area (Å²) in [6.07, 6.45) is 5.67. The number of aromatic nitrogens is 2. The Balaban J connectivity index is 2.02. The van der Waals surface area contributed by atoms with E-state index in [1.807, 2.05) is 13.8 Å². The summed E-state index contributed by atoms with van der Waals surface area (Å²) in [5.74, 6) is 2.14. The van der Waals surface area contributed by atoms with Gasteiger partial charge in [-0.2, -0.15) is 4.98 Å². The zero-order valence-electron chi connectivity index (χ0n) is 9.49. The molecule has 0 aromatic carbocycles. The van der Waals surface area contributed by atoms with E-state index in [4.69, 9.17) is 10.3 Å². The van der Waals surface area contributed by atoms with Crippen molar-refractivity contribution in [2.45, 2.75) is 51.5 Å². The molecule has 1 heterocycles. The van der Waals surface area contributed by atoms with Gasteiger partial charge in [0.05, 0.1) is 5.54 Å². The molecule has 1 atom stereocenters. The predicted octanol–water partition coefficient (Wildman–Crippen LogP) is 2.00. The summed E-state index contributed by atoms with van der Waals surface area (Å²) in [7, 11) is 0. The Morgan fingerprint density at radius 1 is 1.53 bits per heavy atom. The molecule has 0 bridgehead atoms. The molecule has 1 aromatic rings. The van der Waals surface area contributed by atoms with E-state index < -0.39 is 5.54 Å². The smallest absolute Gasteiger partial charge is 0.226 e. The van der Waals surface area contributed by atoms with E-state index in [0.29, 0.717) is 5.82 Å². The summed E-state index contributed by atoms with van der Waals surface area (Å²) in [6, 6.07) is 0. The van der Waals surface area contributed by atoms with Gasteiger partial charge in [-0.25, -0.2) is 0 Å². The van der Waals surface area contributed by atoms with Crippen molar-refractivity contribution in [3.05, 3.63) is 11.7 Å². The number of rotatable bonds is 4. The first kappa shape index (κ1) is 10.6. The van der Waals surface area contributed by atoms with Crippen molar-refractivity contribution in [3.63, 3.8) is 0 Å². The van der Waals surface area contributed by atoms with Crippen LogP contribution in [0.5, 0.6) is 0 Å². The summed E-state index contributed by atoms with van der Waals surface area (Å²) in [5, 5.41) is 3.96. The number of hydrogen-bond acceptors (Lipinski definition) is 4. The minimum absolute atomic E-state index is 0.457. The van der Waals surface area contributed by atoms with Crippen molar-refractivity contribution in [2.75, 3.05) is 0 Å². The third kappa shape index (κ3) is 2.20. The largest absolute Gasteiger partial charge is 0.339 e. The summed E-state index contributed by atoms with van der Waals surface area (Å²) >= 11 is 0. The highest BCUT2D eigenvalue weighted by atomic mass is 16.5. The van der Waals surface area contributed by atoms with E-state index in [2.05, 4.69) is 10.1 Å². The van der Waals surface area contributed by atoms with E-state index >= 15 is 0 Å². The first-order chi connectivity index (χ1) is 7.12. The van der Waals surface area contributed by atoms with Crippen LogP contribution in [0.3, 0.4) is 0 Å². The van der Waals surface area contributed by atoms with Crippen molar-refractivity contribution >= 4 is 0 Å². The van der Waals surface area contributed by atoms with Gasteiger partial charge in [0.15, 0.2) is 5.82 Å². The zero-order chi connectivity index (χ0) is 10.9. The van der Waals surface area contributed by atoms with E-state index in [0.717, 1.165) is 24.7 Å². The average Bonchev–Trinajstić information content (AvgIpc) is 2.60. The van der Waals surface area contributed by atoms with Crippen LogP contribution >= 0.6 is 0 Å². The molecule has 2 rings (SSSR count). The van der Waals surface area contributed by atoms with Crippen molar-refractivity contribution in [1.29, 1.82) is 0 Å². The first-order valence-electron chi connectivity index (χ1n) is 5.74. The normalized spacial score (nSPS) is 21.0. The Bertz CT molecular complexity index is 328. The average molecular weight is 209 g/mol. The maximum Gasteiger partial charge on any atom is 0.226 e. The highest BCUT2D eigenvalue weighted by Crippen LogP contribution is 2.29. The number of nitrogens with zero attached hydrogens (tertiary/aromatic N) is 2. The van der Waals surface area contributed by atoms with Gasteiger partial charge in [0.2, 0.25) is 5.89 Å². The number of hydrogen-bond donors (Lipinski definition) is 1. The van der Waals surface area contributed by atoms with E-state index in [9.17, 15) is 0 Å². The Labute approximate surface area is 90.2 Å². The molecule has 1 aliphatic carbocycles. The van der Waals surface area contributed by atoms with Gasteiger partial charge in [-0.15, -0.1) is 0 Å². The minimum Gasteiger partial charge on any atom is -0.339 e. The highest BCUT2D eigenvalue weighted by Gasteiger charge is 2.27. The monoisotopic (exact) mass is 209 g/mol. The second-order valence-electron chi connectivity index (χ2n) is 4.78. The molecule has 4 heteroatoms. The summed E-state index contributed by atoms with van der Waals surface area (Å²) < 4.78 is 5.22. The topological polar surface area (TPSA) is 64.9 Å². The summed E-state index contributed by atoms with van der Waals surface area (Å²) in [5.41, 5.74) is 5.59. The maximum atomic E-state index is 6.04. The third-order valence-electron chi connectivity index (χ3n) is 3.40. The highest BCUT2D eigenvalue weighted by molar-refractivity contribution is 5.01. The second kappa shape index (κ2) is 3.93. The van der Waals surface area contributed by atoms with E-state index in [1.54, 1.807) is 0 Å². The van der Waals surface area contributed by atoms with Crippen LogP contribution in [0.1, 0.15) is 51.2 Å². The molecule has 0 radical (unpaired) electrons. The molecule has 0 aliphatic heterocycles. The Morgan fingerprint density at radius 2 is 2.27 bits per heavy atom. The molecule has 1 aromatic heterocycles. The Hall–Kier alpha value is -0.900. The van der Waals surface area contributed by atoms with Gasteiger partial charge in [-0.1, -0.05) is 18.5 Å². The third-order valence-corrected chi connectivity index (χ3v) is 3.40. The standard InChI is InChI=1S/C11H19N3O/c1-3-11(2,12)10-13-9(15-14-10)7-8-5-4-6-8/h8H,3-7,12H2,1-2H3. The van der Waals surface area contributed by atoms with Crippen molar-refractivity contribution in [3.8, 4) is 0 Å². The fraction of sp³-hybridized carbons (Fsp3) is 0.818. The molecule has 1 fully saturated rings. The second-order valence-corrected chi connectivity index (χ2v) is 4.78. The van der Waals surface area contributed by atoms with Crippen molar-refractivity contribution in [2.24, 2.45) is 11.7 Å². The van der Waals surface area contributed by atoms with Crippen LogP contribution in [-0.4, -0.2) is 10.1 Å². The molecule has 2 N–H and O–H groups in total. The molecular weight excluding hydrogens is 190 g/mol. The van der Waals surface area contributed by atoms with Gasteiger partial charge in [0.1, 0.15) is 0 Å². The lowest BCUT2D eigenvalue weighted by Crippen LogP contribution is -2.33. The first-order valence-corrected chi connectivity index (χ1v) is 5.74. The quantitative estimate of drug-likeness (QED) is 0.823. The lowest BCUT2D eigenvalue weighted by Gasteiger charge is -2.23. The lowest BCUT2D eigenvalue weighted by molar-refractivity contribution is 0.271. The fourth-order valence-corrected chi connectivity index (χ4v) is 1.67. The molecule has 0 spiro atoms. The Kier molecular flexibility index (Phi) is 2.78. The van der Waals surface area contributed by atoms with Crippen LogP contribution in [0.15, 0.2) is 4.52 Å². The molecule has 4 nitrogen and oxygen atoms in total. The van der Waals surface area contributed by atoms with Gasteiger partial charge < -0.3 is 10.3 Å². The molecule has 0 saturated heterocycles. The SMILES string of the molecule is CCC(C)(N)c1noc(CC2CCC2)n1. The van der Waals surface area contributed by atoms with Gasteiger partial charge in [0.25, 0.3) is 0 Å². The summed E-state index contributed by atoms with van der Waals surface area (Å²) in [4.78, 5) is 4.37. The fourth-order valence-electron chi connectivity index (χ4n) is 1.67. The van der Waals surface area contributed by atoms with Crippen LogP contribution in [0, 0.1) is 5.92 Å². The molecule has 0 amide bonds. The molecular formula is C11H19N3O.